The molecule has 24 heavy (non-hydrogen) atoms. The Kier molecular flexibility index (Phi) is 3.77. The topological polar surface area (TPSA) is 9.23 Å². The zero-order chi connectivity index (χ0) is 17.7. The summed E-state index contributed by atoms with van der Waals surface area (Å²) < 4.78 is 84.6. The summed E-state index contributed by atoms with van der Waals surface area (Å²) in [5.41, 5.74) is -2.21. The largest absolute Gasteiger partial charge is 0.489 e. The Balaban J connectivity index is 2.28. The maximum atomic E-state index is 13.2. The van der Waals surface area contributed by atoms with E-state index in [2.05, 4.69) is 0 Å². The van der Waals surface area contributed by atoms with Crippen LogP contribution in [0.15, 0.2) is 36.4 Å². The van der Waals surface area contributed by atoms with Crippen molar-refractivity contribution < 1.29 is 31.1 Å². The van der Waals surface area contributed by atoms with E-state index in [4.69, 9.17) is 4.74 Å². The summed E-state index contributed by atoms with van der Waals surface area (Å²) in [6, 6.07) is 6.23. The molecule has 128 valence electrons. The number of fused-ring (bicyclic) bond motifs is 1. The third-order valence-corrected chi connectivity index (χ3v) is 3.84. The first-order valence-corrected chi connectivity index (χ1v) is 7.14. The van der Waals surface area contributed by atoms with Crippen molar-refractivity contribution in [2.75, 3.05) is 0 Å². The van der Waals surface area contributed by atoms with Crippen LogP contribution >= 0.6 is 0 Å². The lowest BCUT2D eigenvalue weighted by Crippen LogP contribution is -2.09. The highest BCUT2D eigenvalue weighted by atomic mass is 19.4. The van der Waals surface area contributed by atoms with Gasteiger partial charge in [0.15, 0.2) is 0 Å². The Bertz CT molecular complexity index is 776. The molecular weight excluding hydrogens is 334 g/mol. The first-order valence-electron chi connectivity index (χ1n) is 7.14. The molecule has 0 spiro atoms. The fraction of sp³-hybridized carbons (Fsp3) is 0.294. The maximum absolute atomic E-state index is 13.2. The van der Waals surface area contributed by atoms with Crippen LogP contribution < -0.4 is 4.74 Å². The van der Waals surface area contributed by atoms with Gasteiger partial charge in [-0.25, -0.2) is 0 Å². The molecule has 2 aromatic carbocycles. The predicted molar refractivity (Wildman–Crippen MR) is 75.7 cm³/mol. The fourth-order valence-corrected chi connectivity index (χ4v) is 2.86. The van der Waals surface area contributed by atoms with Gasteiger partial charge in [0.2, 0.25) is 0 Å². The van der Waals surface area contributed by atoms with E-state index >= 15 is 0 Å². The van der Waals surface area contributed by atoms with Crippen molar-refractivity contribution in [2.45, 2.75) is 31.8 Å². The van der Waals surface area contributed by atoms with Crippen LogP contribution in [-0.4, -0.2) is 6.10 Å². The highest BCUT2D eigenvalue weighted by molar-refractivity contribution is 5.77. The van der Waals surface area contributed by atoms with E-state index in [1.54, 1.807) is 6.92 Å². The zero-order valence-corrected chi connectivity index (χ0v) is 12.4. The lowest BCUT2D eigenvalue weighted by Gasteiger charge is -2.17. The van der Waals surface area contributed by atoms with Crippen LogP contribution in [0.25, 0.3) is 11.1 Å². The second-order valence-electron chi connectivity index (χ2n) is 5.69. The molecule has 1 atom stereocenters. The Hall–Kier alpha value is -2.18. The van der Waals surface area contributed by atoms with Crippen LogP contribution in [0.2, 0.25) is 0 Å². The Morgan fingerprint density at radius 3 is 2.21 bits per heavy atom. The van der Waals surface area contributed by atoms with Gasteiger partial charge in [-0.2, -0.15) is 26.3 Å². The smallest absolute Gasteiger partial charge is 0.417 e. The summed E-state index contributed by atoms with van der Waals surface area (Å²) in [4.78, 5) is 0. The molecule has 7 heteroatoms. The van der Waals surface area contributed by atoms with Crippen LogP contribution in [0, 0.1) is 0 Å². The van der Waals surface area contributed by atoms with Crippen LogP contribution in [0.4, 0.5) is 26.3 Å². The lowest BCUT2D eigenvalue weighted by molar-refractivity contribution is -0.137. The quantitative estimate of drug-likeness (QED) is 0.601. The molecule has 0 aliphatic carbocycles. The minimum absolute atomic E-state index is 0.0900. The van der Waals surface area contributed by atoms with E-state index < -0.39 is 23.5 Å². The number of benzene rings is 2. The Labute approximate surface area is 133 Å². The number of ether oxygens (including phenoxy) is 1. The van der Waals surface area contributed by atoms with Gasteiger partial charge in [0, 0.05) is 12.0 Å². The molecule has 0 amide bonds. The molecule has 1 aliphatic rings. The van der Waals surface area contributed by atoms with Crippen molar-refractivity contribution in [3.05, 3.63) is 53.1 Å². The highest BCUT2D eigenvalue weighted by Crippen LogP contribution is 2.46. The van der Waals surface area contributed by atoms with E-state index in [0.717, 1.165) is 24.3 Å². The molecule has 0 aromatic heterocycles. The average Bonchev–Trinajstić information content (AvgIpc) is 2.84. The highest BCUT2D eigenvalue weighted by Gasteiger charge is 2.38. The van der Waals surface area contributed by atoms with Crippen molar-refractivity contribution in [2.24, 2.45) is 0 Å². The average molecular weight is 346 g/mol. The third-order valence-electron chi connectivity index (χ3n) is 3.84. The van der Waals surface area contributed by atoms with Crippen LogP contribution in [0.3, 0.4) is 0 Å². The van der Waals surface area contributed by atoms with E-state index in [9.17, 15) is 26.3 Å². The number of hydrogen-bond acceptors (Lipinski definition) is 1. The summed E-state index contributed by atoms with van der Waals surface area (Å²) in [7, 11) is 0. The minimum atomic E-state index is -4.68. The number of alkyl halides is 6. The van der Waals surface area contributed by atoms with E-state index in [1.807, 2.05) is 0 Å². The molecule has 2 aromatic rings. The molecule has 1 heterocycles. The Morgan fingerprint density at radius 2 is 1.58 bits per heavy atom. The van der Waals surface area contributed by atoms with Crippen LogP contribution in [-0.2, 0) is 18.8 Å². The van der Waals surface area contributed by atoms with Gasteiger partial charge in [-0.1, -0.05) is 18.2 Å². The first-order chi connectivity index (χ1) is 11.1. The second-order valence-corrected chi connectivity index (χ2v) is 5.69. The normalized spacial score (nSPS) is 17.5. The molecular formula is C17H12F6O. The van der Waals surface area contributed by atoms with Gasteiger partial charge in [-0.3, -0.25) is 0 Å². The molecule has 0 saturated carbocycles. The van der Waals surface area contributed by atoms with E-state index in [1.165, 1.54) is 12.1 Å². The van der Waals surface area contributed by atoms with E-state index in [-0.39, 0.29) is 35.0 Å². The van der Waals surface area contributed by atoms with Gasteiger partial charge < -0.3 is 4.74 Å². The van der Waals surface area contributed by atoms with Gasteiger partial charge in [0.1, 0.15) is 11.9 Å². The summed E-state index contributed by atoms with van der Waals surface area (Å²) in [5.74, 6) is 0.0900. The fourth-order valence-electron chi connectivity index (χ4n) is 2.86. The van der Waals surface area contributed by atoms with Crippen LogP contribution in [0.1, 0.15) is 23.6 Å². The standard InChI is InChI=1S/C17H12F6O/c1-9-6-10-7-11(16(18,19)20)8-13(15(10)24-9)12-4-2-3-5-14(12)17(21,22)23/h2-5,7-9H,6H2,1H3. The van der Waals surface area contributed by atoms with E-state index in [0.29, 0.717) is 0 Å². The van der Waals surface area contributed by atoms with Gasteiger partial charge in [-0.15, -0.1) is 0 Å². The van der Waals surface area contributed by atoms with Crippen molar-refractivity contribution in [3.8, 4) is 16.9 Å². The predicted octanol–water partition coefficient (Wildman–Crippen LogP) is 5.71. The SMILES string of the molecule is CC1Cc2cc(C(F)(F)F)cc(-c3ccccc3C(F)(F)F)c2O1. The molecule has 0 fully saturated rings. The molecule has 1 aliphatic heterocycles. The number of halogens is 6. The third kappa shape index (κ3) is 2.95. The van der Waals surface area contributed by atoms with Crippen molar-refractivity contribution >= 4 is 0 Å². The molecule has 0 bridgehead atoms. The molecule has 1 unspecified atom stereocenters. The second kappa shape index (κ2) is 5.43. The summed E-state index contributed by atoms with van der Waals surface area (Å²) in [6.45, 7) is 1.66. The summed E-state index contributed by atoms with van der Waals surface area (Å²) in [6.07, 6.45) is -9.49. The number of rotatable bonds is 1. The molecule has 1 nitrogen and oxygen atoms in total. The van der Waals surface area contributed by atoms with Crippen LogP contribution in [0.5, 0.6) is 5.75 Å². The molecule has 3 rings (SSSR count). The maximum Gasteiger partial charge on any atom is 0.417 e. The van der Waals surface area contributed by atoms with Gasteiger partial charge in [0.05, 0.1) is 11.1 Å². The molecule has 0 saturated heterocycles. The summed E-state index contributed by atoms with van der Waals surface area (Å²) >= 11 is 0. The molecule has 0 N–H and O–H groups in total. The van der Waals surface area contributed by atoms with Gasteiger partial charge >= 0.3 is 12.4 Å². The summed E-state index contributed by atoms with van der Waals surface area (Å²) in [5, 5.41) is 0. The number of hydrogen-bond donors (Lipinski definition) is 0. The monoisotopic (exact) mass is 346 g/mol. The van der Waals surface area contributed by atoms with Crippen molar-refractivity contribution in [1.29, 1.82) is 0 Å². The lowest BCUT2D eigenvalue weighted by atomic mass is 9.94. The minimum Gasteiger partial charge on any atom is -0.489 e. The van der Waals surface area contributed by atoms with Crippen molar-refractivity contribution in [1.82, 2.24) is 0 Å². The van der Waals surface area contributed by atoms with Gasteiger partial charge in [0.25, 0.3) is 0 Å². The van der Waals surface area contributed by atoms with Gasteiger partial charge in [-0.05, 0) is 36.2 Å². The molecule has 0 radical (unpaired) electrons. The van der Waals surface area contributed by atoms with Crippen molar-refractivity contribution in [3.63, 3.8) is 0 Å². The first kappa shape index (κ1) is 16.7. The zero-order valence-electron chi connectivity index (χ0n) is 12.4. The Morgan fingerprint density at radius 1 is 0.917 bits per heavy atom.